The smallest absolute Gasteiger partial charge is 0.340 e. The van der Waals surface area contributed by atoms with Crippen LogP contribution in [0.4, 0.5) is 5.69 Å². The molecular weight excluding hydrogens is 242 g/mol. The van der Waals surface area contributed by atoms with Crippen molar-refractivity contribution in [3.63, 3.8) is 0 Å². The molecular formula is C14H17N3O2. The van der Waals surface area contributed by atoms with Gasteiger partial charge in [-0.3, -0.25) is 0 Å². The molecule has 1 aromatic carbocycles. The Morgan fingerprint density at radius 1 is 1.42 bits per heavy atom. The fourth-order valence-electron chi connectivity index (χ4n) is 1.77. The van der Waals surface area contributed by atoms with Gasteiger partial charge in [-0.1, -0.05) is 12.1 Å². The number of carbonyl (C=O) groups excluding carboxylic acids is 1. The van der Waals surface area contributed by atoms with Crippen LogP contribution < -0.4 is 5.32 Å². The van der Waals surface area contributed by atoms with Crippen LogP contribution >= 0.6 is 0 Å². The summed E-state index contributed by atoms with van der Waals surface area (Å²) in [4.78, 5) is 16.0. The minimum absolute atomic E-state index is 0.314. The summed E-state index contributed by atoms with van der Waals surface area (Å²) in [6, 6.07) is 7.30. The molecule has 1 N–H and O–H groups in total. The topological polar surface area (TPSA) is 56.1 Å². The second-order valence-corrected chi connectivity index (χ2v) is 4.07. The second-order valence-electron chi connectivity index (χ2n) is 4.07. The summed E-state index contributed by atoms with van der Waals surface area (Å²) in [7, 11) is 1.93. The van der Waals surface area contributed by atoms with E-state index in [1.165, 1.54) is 0 Å². The molecule has 0 aliphatic rings. The molecule has 19 heavy (non-hydrogen) atoms. The van der Waals surface area contributed by atoms with Gasteiger partial charge in [0.2, 0.25) is 0 Å². The van der Waals surface area contributed by atoms with Crippen molar-refractivity contribution in [1.29, 1.82) is 0 Å². The molecule has 0 unspecified atom stereocenters. The van der Waals surface area contributed by atoms with E-state index in [1.54, 1.807) is 19.2 Å². The summed E-state index contributed by atoms with van der Waals surface area (Å²) in [5, 5.41) is 3.21. The van der Waals surface area contributed by atoms with E-state index >= 15 is 0 Å². The lowest BCUT2D eigenvalue weighted by molar-refractivity contribution is 0.0527. The van der Waals surface area contributed by atoms with Crippen LogP contribution in [0.3, 0.4) is 0 Å². The number of aryl methyl sites for hydroxylation is 1. The number of nitrogens with one attached hydrogen (secondary N) is 1. The number of ether oxygens (including phenoxy) is 1. The fourth-order valence-corrected chi connectivity index (χ4v) is 1.77. The van der Waals surface area contributed by atoms with Gasteiger partial charge >= 0.3 is 5.97 Å². The zero-order valence-electron chi connectivity index (χ0n) is 11.1. The van der Waals surface area contributed by atoms with Crippen LogP contribution in [0.15, 0.2) is 36.7 Å². The molecule has 0 spiro atoms. The monoisotopic (exact) mass is 259 g/mol. The predicted octanol–water partition coefficient (Wildman–Crippen LogP) is 2.21. The minimum atomic E-state index is -0.314. The number of anilines is 1. The molecule has 0 aliphatic carbocycles. The lowest BCUT2D eigenvalue weighted by atomic mass is 10.2. The van der Waals surface area contributed by atoms with Gasteiger partial charge in [0.1, 0.15) is 5.82 Å². The molecule has 2 rings (SSSR count). The van der Waals surface area contributed by atoms with Crippen LogP contribution in [-0.4, -0.2) is 22.1 Å². The van der Waals surface area contributed by atoms with Gasteiger partial charge in [0.05, 0.1) is 18.7 Å². The molecule has 0 saturated carbocycles. The number of aromatic nitrogens is 2. The number of nitrogens with zero attached hydrogens (tertiary/aromatic N) is 2. The number of para-hydroxylation sites is 1. The number of imidazole rings is 1. The highest BCUT2D eigenvalue weighted by Gasteiger charge is 2.11. The maximum absolute atomic E-state index is 11.8. The summed E-state index contributed by atoms with van der Waals surface area (Å²) in [6.07, 6.45) is 3.63. The quantitative estimate of drug-likeness (QED) is 0.836. The Morgan fingerprint density at radius 2 is 2.21 bits per heavy atom. The number of benzene rings is 1. The highest BCUT2D eigenvalue weighted by Crippen LogP contribution is 2.17. The van der Waals surface area contributed by atoms with E-state index in [2.05, 4.69) is 10.3 Å². The lowest BCUT2D eigenvalue weighted by Crippen LogP contribution is -2.11. The Morgan fingerprint density at radius 3 is 2.89 bits per heavy atom. The van der Waals surface area contributed by atoms with E-state index in [1.807, 2.05) is 36.0 Å². The van der Waals surface area contributed by atoms with Crippen molar-refractivity contribution in [2.24, 2.45) is 7.05 Å². The number of rotatable bonds is 5. The lowest BCUT2D eigenvalue weighted by Gasteiger charge is -2.11. The molecule has 0 radical (unpaired) electrons. The van der Waals surface area contributed by atoms with E-state index in [-0.39, 0.29) is 5.97 Å². The molecule has 0 amide bonds. The van der Waals surface area contributed by atoms with Gasteiger partial charge in [-0.2, -0.15) is 0 Å². The molecule has 5 nitrogen and oxygen atoms in total. The Balaban J connectivity index is 2.12. The van der Waals surface area contributed by atoms with Gasteiger partial charge in [-0.15, -0.1) is 0 Å². The van der Waals surface area contributed by atoms with Crippen LogP contribution in [0.25, 0.3) is 0 Å². The fraction of sp³-hybridized carbons (Fsp3) is 0.286. The molecule has 5 heteroatoms. The average Bonchev–Trinajstić information content (AvgIpc) is 2.82. The van der Waals surface area contributed by atoms with E-state index in [4.69, 9.17) is 4.74 Å². The molecule has 100 valence electrons. The first-order chi connectivity index (χ1) is 9.22. The van der Waals surface area contributed by atoms with Gasteiger partial charge < -0.3 is 14.6 Å². The third-order valence-corrected chi connectivity index (χ3v) is 2.78. The summed E-state index contributed by atoms with van der Waals surface area (Å²) < 4.78 is 6.96. The number of carbonyl (C=O) groups is 1. The van der Waals surface area contributed by atoms with Crippen LogP contribution in [0.1, 0.15) is 23.1 Å². The van der Waals surface area contributed by atoms with Crippen molar-refractivity contribution < 1.29 is 9.53 Å². The van der Waals surface area contributed by atoms with Gasteiger partial charge in [0.25, 0.3) is 0 Å². The van der Waals surface area contributed by atoms with Crippen molar-refractivity contribution in [2.75, 3.05) is 11.9 Å². The predicted molar refractivity (Wildman–Crippen MR) is 72.9 cm³/mol. The van der Waals surface area contributed by atoms with Crippen LogP contribution in [0, 0.1) is 0 Å². The van der Waals surface area contributed by atoms with Crippen molar-refractivity contribution in [3.05, 3.63) is 48.0 Å². The van der Waals surface area contributed by atoms with E-state index in [0.717, 1.165) is 11.5 Å². The van der Waals surface area contributed by atoms with Gasteiger partial charge in [-0.05, 0) is 19.1 Å². The van der Waals surface area contributed by atoms with E-state index < -0.39 is 0 Å². The maximum atomic E-state index is 11.8. The Hall–Kier alpha value is -2.30. The Kier molecular flexibility index (Phi) is 4.18. The highest BCUT2D eigenvalue weighted by molar-refractivity contribution is 5.95. The zero-order chi connectivity index (χ0) is 13.7. The molecule has 0 saturated heterocycles. The molecule has 0 bridgehead atoms. The van der Waals surface area contributed by atoms with Gasteiger partial charge in [0.15, 0.2) is 0 Å². The van der Waals surface area contributed by atoms with E-state index in [9.17, 15) is 4.79 Å². The van der Waals surface area contributed by atoms with Gasteiger partial charge in [0, 0.05) is 25.1 Å². The number of hydrogen-bond donors (Lipinski definition) is 1. The second kappa shape index (κ2) is 6.04. The van der Waals surface area contributed by atoms with Crippen molar-refractivity contribution in [1.82, 2.24) is 9.55 Å². The van der Waals surface area contributed by atoms with Gasteiger partial charge in [-0.25, -0.2) is 9.78 Å². The third-order valence-electron chi connectivity index (χ3n) is 2.78. The first-order valence-corrected chi connectivity index (χ1v) is 6.18. The summed E-state index contributed by atoms with van der Waals surface area (Å²) in [5.41, 5.74) is 1.29. The maximum Gasteiger partial charge on any atom is 0.340 e. The molecule has 1 aromatic heterocycles. The van der Waals surface area contributed by atoms with Crippen LogP contribution in [0.5, 0.6) is 0 Å². The normalized spacial score (nSPS) is 10.2. The van der Waals surface area contributed by atoms with E-state index in [0.29, 0.717) is 18.7 Å². The zero-order valence-corrected chi connectivity index (χ0v) is 11.1. The molecule has 0 aliphatic heterocycles. The summed E-state index contributed by atoms with van der Waals surface area (Å²) in [6.45, 7) is 2.72. The SMILES string of the molecule is CCOC(=O)c1ccccc1NCc1nccn1C. The first-order valence-electron chi connectivity index (χ1n) is 6.18. The Labute approximate surface area is 112 Å². The third kappa shape index (κ3) is 3.13. The van der Waals surface area contributed by atoms with Crippen molar-refractivity contribution in [3.8, 4) is 0 Å². The minimum Gasteiger partial charge on any atom is -0.462 e. The highest BCUT2D eigenvalue weighted by atomic mass is 16.5. The molecule has 1 heterocycles. The standard InChI is InChI=1S/C14H17N3O2/c1-3-19-14(18)11-6-4-5-7-12(11)16-10-13-15-8-9-17(13)2/h4-9,16H,3,10H2,1-2H3. The van der Waals surface area contributed by atoms with Crippen LogP contribution in [0.2, 0.25) is 0 Å². The largest absolute Gasteiger partial charge is 0.462 e. The number of hydrogen-bond acceptors (Lipinski definition) is 4. The average molecular weight is 259 g/mol. The number of esters is 1. The van der Waals surface area contributed by atoms with Crippen molar-refractivity contribution >= 4 is 11.7 Å². The van der Waals surface area contributed by atoms with Crippen molar-refractivity contribution in [2.45, 2.75) is 13.5 Å². The molecule has 2 aromatic rings. The summed E-state index contributed by atoms with van der Waals surface area (Å²) in [5.74, 6) is 0.587. The Bertz CT molecular complexity index is 563. The summed E-state index contributed by atoms with van der Waals surface area (Å²) >= 11 is 0. The molecule has 0 fully saturated rings. The first kappa shape index (κ1) is 13.1. The van der Waals surface area contributed by atoms with Crippen LogP contribution in [-0.2, 0) is 18.3 Å². The molecule has 0 atom stereocenters.